The van der Waals surface area contributed by atoms with E-state index in [0.29, 0.717) is 4.90 Å². The van der Waals surface area contributed by atoms with Gasteiger partial charge in [0, 0.05) is 17.1 Å². The Labute approximate surface area is 100 Å². The summed E-state index contributed by atoms with van der Waals surface area (Å²) in [6, 6.07) is 3.55. The lowest BCUT2D eigenvalue weighted by Gasteiger charge is -2.26. The Hall–Kier alpha value is -0.740. The van der Waals surface area contributed by atoms with Crippen LogP contribution >= 0.6 is 11.8 Å². The molecular weight excluding hydrogens is 223 g/mol. The summed E-state index contributed by atoms with van der Waals surface area (Å²) in [5.41, 5.74) is 8.14. The maximum atomic E-state index is 13.6. The average Bonchev–Trinajstić information content (AvgIpc) is 2.69. The number of hydrogen-bond acceptors (Lipinski definition) is 3. The molecule has 1 heterocycles. The minimum atomic E-state index is -0.123. The zero-order chi connectivity index (χ0) is 11.7. The molecule has 0 fully saturated rings. The largest absolute Gasteiger partial charge is 0.355 e. The SMILES string of the molecule is C[CH]C(N)N1CCc2cc(F)c(SC)cc21. The Morgan fingerprint density at radius 2 is 2.31 bits per heavy atom. The van der Waals surface area contributed by atoms with Crippen LogP contribution in [-0.2, 0) is 6.42 Å². The molecule has 1 aliphatic rings. The van der Waals surface area contributed by atoms with E-state index in [0.717, 1.165) is 24.2 Å². The second-order valence-corrected chi connectivity index (χ2v) is 4.73. The third-order valence-electron chi connectivity index (χ3n) is 2.99. The second-order valence-electron chi connectivity index (χ2n) is 3.88. The molecule has 1 atom stereocenters. The minimum absolute atomic E-state index is 0.0820. The lowest BCUT2D eigenvalue weighted by molar-refractivity contribution is 0.601. The predicted octanol–water partition coefficient (Wildman–Crippen LogP) is 2.42. The molecule has 1 aliphatic heterocycles. The summed E-state index contributed by atoms with van der Waals surface area (Å²) >= 11 is 1.43. The molecule has 2 nitrogen and oxygen atoms in total. The summed E-state index contributed by atoms with van der Waals surface area (Å²) in [7, 11) is 0. The van der Waals surface area contributed by atoms with E-state index in [1.54, 1.807) is 6.07 Å². The predicted molar refractivity (Wildman–Crippen MR) is 67.2 cm³/mol. The van der Waals surface area contributed by atoms with Crippen molar-refractivity contribution in [2.75, 3.05) is 17.7 Å². The van der Waals surface area contributed by atoms with E-state index in [9.17, 15) is 4.39 Å². The summed E-state index contributed by atoms with van der Waals surface area (Å²) in [5, 5.41) is 0. The van der Waals surface area contributed by atoms with Gasteiger partial charge in [0.15, 0.2) is 0 Å². The van der Waals surface area contributed by atoms with Gasteiger partial charge in [-0.1, -0.05) is 6.92 Å². The maximum Gasteiger partial charge on any atom is 0.137 e. The third-order valence-corrected chi connectivity index (χ3v) is 3.74. The number of nitrogens with zero attached hydrogens (tertiary/aromatic N) is 1. The monoisotopic (exact) mass is 239 g/mol. The highest BCUT2D eigenvalue weighted by atomic mass is 32.2. The van der Waals surface area contributed by atoms with Crippen molar-refractivity contribution in [1.29, 1.82) is 0 Å². The molecule has 2 N–H and O–H groups in total. The van der Waals surface area contributed by atoms with E-state index >= 15 is 0 Å². The van der Waals surface area contributed by atoms with Gasteiger partial charge in [-0.3, -0.25) is 0 Å². The van der Waals surface area contributed by atoms with Gasteiger partial charge >= 0.3 is 0 Å². The Balaban J connectivity index is 2.38. The highest BCUT2D eigenvalue weighted by Crippen LogP contribution is 2.34. The van der Waals surface area contributed by atoms with Crippen molar-refractivity contribution in [2.24, 2.45) is 5.73 Å². The molecule has 0 aromatic heterocycles. The van der Waals surface area contributed by atoms with Gasteiger partial charge in [-0.15, -0.1) is 11.8 Å². The molecule has 0 aliphatic carbocycles. The van der Waals surface area contributed by atoms with Crippen molar-refractivity contribution in [2.45, 2.75) is 24.4 Å². The number of halogens is 1. The van der Waals surface area contributed by atoms with Crippen LogP contribution in [0.1, 0.15) is 12.5 Å². The first-order chi connectivity index (χ1) is 7.67. The first-order valence-electron chi connectivity index (χ1n) is 5.35. The number of thioether (sulfide) groups is 1. The van der Waals surface area contributed by atoms with Crippen LogP contribution in [0.15, 0.2) is 17.0 Å². The summed E-state index contributed by atoms with van der Waals surface area (Å²) < 4.78 is 13.6. The average molecular weight is 239 g/mol. The zero-order valence-electron chi connectivity index (χ0n) is 9.53. The molecule has 1 aromatic rings. The van der Waals surface area contributed by atoms with Crippen molar-refractivity contribution in [3.8, 4) is 0 Å². The normalized spacial score (nSPS) is 16.4. The first kappa shape index (κ1) is 11.7. The molecule has 1 aromatic carbocycles. The van der Waals surface area contributed by atoms with E-state index in [1.165, 1.54) is 11.8 Å². The molecule has 4 heteroatoms. The van der Waals surface area contributed by atoms with Crippen molar-refractivity contribution in [3.63, 3.8) is 0 Å². The molecular formula is C12H16FN2S. The van der Waals surface area contributed by atoms with Crippen LogP contribution in [0.4, 0.5) is 10.1 Å². The van der Waals surface area contributed by atoms with Gasteiger partial charge in [0.25, 0.3) is 0 Å². The topological polar surface area (TPSA) is 29.3 Å². The van der Waals surface area contributed by atoms with Crippen LogP contribution in [0, 0.1) is 12.2 Å². The molecule has 2 rings (SSSR count). The van der Waals surface area contributed by atoms with Gasteiger partial charge < -0.3 is 10.6 Å². The fourth-order valence-corrected chi connectivity index (χ4v) is 2.54. The third kappa shape index (κ3) is 1.92. The van der Waals surface area contributed by atoms with E-state index in [4.69, 9.17) is 5.73 Å². The fraction of sp³-hybridized carbons (Fsp3) is 0.417. The molecule has 1 unspecified atom stereocenters. The Bertz CT molecular complexity index is 395. The maximum absolute atomic E-state index is 13.6. The molecule has 0 bridgehead atoms. The van der Waals surface area contributed by atoms with Crippen LogP contribution in [0.2, 0.25) is 0 Å². The Morgan fingerprint density at radius 1 is 1.56 bits per heavy atom. The summed E-state index contributed by atoms with van der Waals surface area (Å²) in [5.74, 6) is -0.123. The van der Waals surface area contributed by atoms with Gasteiger partial charge in [0.2, 0.25) is 0 Å². The number of nitrogens with two attached hydrogens (primary N) is 1. The molecule has 87 valence electrons. The number of fused-ring (bicyclic) bond motifs is 1. The van der Waals surface area contributed by atoms with Gasteiger partial charge in [-0.05, 0) is 36.8 Å². The van der Waals surface area contributed by atoms with Crippen molar-refractivity contribution in [1.82, 2.24) is 0 Å². The number of benzene rings is 1. The molecule has 0 spiro atoms. The van der Waals surface area contributed by atoms with Crippen LogP contribution in [0.25, 0.3) is 0 Å². The van der Waals surface area contributed by atoms with Crippen molar-refractivity contribution >= 4 is 17.4 Å². The minimum Gasteiger partial charge on any atom is -0.355 e. The van der Waals surface area contributed by atoms with Gasteiger partial charge in [0.05, 0.1) is 6.17 Å². The number of hydrogen-bond donors (Lipinski definition) is 1. The molecule has 0 saturated heterocycles. The van der Waals surface area contributed by atoms with Crippen molar-refractivity contribution < 1.29 is 4.39 Å². The van der Waals surface area contributed by atoms with E-state index in [1.807, 2.05) is 25.7 Å². The fourth-order valence-electron chi connectivity index (χ4n) is 2.06. The van der Waals surface area contributed by atoms with Crippen LogP contribution in [0.3, 0.4) is 0 Å². The zero-order valence-corrected chi connectivity index (χ0v) is 10.4. The highest BCUT2D eigenvalue weighted by Gasteiger charge is 2.24. The molecule has 0 amide bonds. The molecule has 0 saturated carbocycles. The molecule has 16 heavy (non-hydrogen) atoms. The van der Waals surface area contributed by atoms with Crippen molar-refractivity contribution in [3.05, 3.63) is 29.9 Å². The van der Waals surface area contributed by atoms with E-state index < -0.39 is 0 Å². The smallest absolute Gasteiger partial charge is 0.137 e. The Morgan fingerprint density at radius 3 is 2.94 bits per heavy atom. The summed E-state index contributed by atoms with van der Waals surface area (Å²) in [6.45, 7) is 2.82. The standard InChI is InChI=1S/C12H16FN2S/c1-3-12(14)15-5-4-8-6-9(13)11(16-2)7-10(8)15/h3,6-7,12H,4-5,14H2,1-2H3. The van der Waals surface area contributed by atoms with E-state index in [2.05, 4.69) is 4.90 Å². The first-order valence-corrected chi connectivity index (χ1v) is 6.58. The summed E-state index contributed by atoms with van der Waals surface area (Å²) in [4.78, 5) is 2.81. The lowest BCUT2D eigenvalue weighted by Crippen LogP contribution is -2.40. The number of rotatable bonds is 3. The van der Waals surface area contributed by atoms with Gasteiger partial charge in [-0.25, -0.2) is 4.39 Å². The number of anilines is 1. The van der Waals surface area contributed by atoms with Crippen LogP contribution in [-0.4, -0.2) is 19.0 Å². The lowest BCUT2D eigenvalue weighted by atomic mass is 10.1. The van der Waals surface area contributed by atoms with Crippen LogP contribution in [0.5, 0.6) is 0 Å². The second kappa shape index (κ2) is 4.63. The Kier molecular flexibility index (Phi) is 3.40. The van der Waals surface area contributed by atoms with E-state index in [-0.39, 0.29) is 12.0 Å². The van der Waals surface area contributed by atoms with Gasteiger partial charge in [0.1, 0.15) is 5.82 Å². The highest BCUT2D eigenvalue weighted by molar-refractivity contribution is 7.98. The van der Waals surface area contributed by atoms with Crippen LogP contribution < -0.4 is 10.6 Å². The summed E-state index contributed by atoms with van der Waals surface area (Å²) in [6.07, 6.45) is 4.64. The molecule has 1 radical (unpaired) electrons. The quantitative estimate of drug-likeness (QED) is 0.821. The van der Waals surface area contributed by atoms with Gasteiger partial charge in [-0.2, -0.15) is 0 Å².